The number of hydrogen-bond donors (Lipinski definition) is 0. The van der Waals surface area contributed by atoms with Crippen LogP contribution in [0.15, 0.2) is 72.8 Å². The van der Waals surface area contributed by atoms with E-state index in [0.717, 1.165) is 33.3 Å². The molecule has 1 aromatic heterocycles. The molecule has 0 amide bonds. The number of carbonyl (C=O) groups excluding carboxylic acids is 1. The molecule has 4 rings (SSSR count). The first-order valence-electron chi connectivity index (χ1n) is 10.2. The quantitative estimate of drug-likeness (QED) is 0.376. The van der Waals surface area contributed by atoms with E-state index in [2.05, 4.69) is 35.4 Å². The summed E-state index contributed by atoms with van der Waals surface area (Å²) in [6.07, 6.45) is 3.93. The molecule has 0 unspecified atom stereocenters. The number of benzene rings is 3. The van der Waals surface area contributed by atoms with Crippen LogP contribution in [0.4, 0.5) is 0 Å². The number of ether oxygens (including phenoxy) is 2. The number of carbonyl (C=O) groups is 1. The van der Waals surface area contributed by atoms with E-state index in [1.54, 1.807) is 24.7 Å². The van der Waals surface area contributed by atoms with Crippen molar-refractivity contribution in [2.75, 3.05) is 6.61 Å². The van der Waals surface area contributed by atoms with Gasteiger partial charge in [0, 0.05) is 12.4 Å². The Bertz CT molecular complexity index is 1230. The Morgan fingerprint density at radius 3 is 2.58 bits per heavy atom. The lowest BCUT2D eigenvalue weighted by Crippen LogP contribution is -2.05. The van der Waals surface area contributed by atoms with Crippen LogP contribution >= 0.6 is 0 Å². The SMILES string of the molecule is CCOC(=O)c1cc(C=Cc2cc(OCc3ccccc3)c3ccccc3c2)n(C)n1. The summed E-state index contributed by atoms with van der Waals surface area (Å²) in [6.45, 7) is 2.60. The molecule has 0 bridgehead atoms. The third-order valence-corrected chi connectivity index (χ3v) is 4.93. The minimum Gasteiger partial charge on any atom is -0.488 e. The molecular weight excluding hydrogens is 388 g/mol. The lowest BCUT2D eigenvalue weighted by molar-refractivity contribution is 0.0518. The highest BCUT2D eigenvalue weighted by molar-refractivity contribution is 5.92. The highest BCUT2D eigenvalue weighted by Crippen LogP contribution is 2.29. The summed E-state index contributed by atoms with van der Waals surface area (Å²) in [5.41, 5.74) is 3.23. The Labute approximate surface area is 181 Å². The van der Waals surface area contributed by atoms with Crippen molar-refractivity contribution in [3.8, 4) is 5.75 Å². The fourth-order valence-corrected chi connectivity index (χ4v) is 3.37. The van der Waals surface area contributed by atoms with Gasteiger partial charge in [0.1, 0.15) is 12.4 Å². The molecule has 5 nitrogen and oxygen atoms in total. The van der Waals surface area contributed by atoms with Crippen LogP contribution in [0.25, 0.3) is 22.9 Å². The van der Waals surface area contributed by atoms with E-state index in [4.69, 9.17) is 9.47 Å². The lowest BCUT2D eigenvalue weighted by Gasteiger charge is -2.11. The summed E-state index contributed by atoms with van der Waals surface area (Å²) in [7, 11) is 1.80. The summed E-state index contributed by atoms with van der Waals surface area (Å²) in [5, 5.41) is 6.41. The first-order valence-corrected chi connectivity index (χ1v) is 10.2. The number of rotatable bonds is 7. The summed E-state index contributed by atoms with van der Waals surface area (Å²) in [4.78, 5) is 11.9. The molecule has 0 aliphatic heterocycles. The van der Waals surface area contributed by atoms with Gasteiger partial charge in [-0.25, -0.2) is 4.79 Å². The second-order valence-corrected chi connectivity index (χ2v) is 7.15. The van der Waals surface area contributed by atoms with Crippen LogP contribution in [0, 0.1) is 0 Å². The number of aromatic nitrogens is 2. The van der Waals surface area contributed by atoms with Gasteiger partial charge in [-0.3, -0.25) is 4.68 Å². The number of nitrogens with zero attached hydrogens (tertiary/aromatic N) is 2. The number of esters is 1. The Morgan fingerprint density at radius 1 is 1.00 bits per heavy atom. The number of hydrogen-bond acceptors (Lipinski definition) is 4. The normalized spacial score (nSPS) is 11.2. The standard InChI is InChI=1S/C26H24N2O3/c1-3-30-26(29)24-17-22(28(2)27-24)14-13-20-15-21-11-7-8-12-23(21)25(16-20)31-18-19-9-5-4-6-10-19/h4-17H,3,18H2,1-2H3. The van der Waals surface area contributed by atoms with Crippen LogP contribution in [0.2, 0.25) is 0 Å². The summed E-state index contributed by atoms with van der Waals surface area (Å²) >= 11 is 0. The fraction of sp³-hybridized carbons (Fsp3) is 0.154. The van der Waals surface area contributed by atoms with Gasteiger partial charge in [0.2, 0.25) is 0 Å². The molecule has 0 radical (unpaired) electrons. The highest BCUT2D eigenvalue weighted by atomic mass is 16.5. The zero-order chi connectivity index (χ0) is 21.6. The average Bonchev–Trinajstić information content (AvgIpc) is 3.17. The Balaban J connectivity index is 1.61. The predicted molar refractivity (Wildman–Crippen MR) is 123 cm³/mol. The van der Waals surface area contributed by atoms with E-state index in [0.29, 0.717) is 18.9 Å². The van der Waals surface area contributed by atoms with Gasteiger partial charge in [0.25, 0.3) is 0 Å². The van der Waals surface area contributed by atoms with Crippen LogP contribution in [0.5, 0.6) is 5.75 Å². The molecule has 0 saturated carbocycles. The summed E-state index contributed by atoms with van der Waals surface area (Å²) in [6, 6.07) is 24.2. The molecule has 0 N–H and O–H groups in total. The van der Waals surface area contributed by atoms with Gasteiger partial charge < -0.3 is 9.47 Å². The van der Waals surface area contributed by atoms with E-state index in [1.165, 1.54) is 0 Å². The molecule has 0 aliphatic carbocycles. The molecule has 5 heteroatoms. The largest absolute Gasteiger partial charge is 0.488 e. The maximum Gasteiger partial charge on any atom is 0.358 e. The molecule has 0 atom stereocenters. The predicted octanol–water partition coefficient (Wildman–Crippen LogP) is 5.50. The van der Waals surface area contributed by atoms with Gasteiger partial charge in [0.05, 0.1) is 12.3 Å². The Kier molecular flexibility index (Phi) is 6.13. The molecule has 31 heavy (non-hydrogen) atoms. The smallest absolute Gasteiger partial charge is 0.358 e. The Hall–Kier alpha value is -3.86. The third-order valence-electron chi connectivity index (χ3n) is 4.93. The van der Waals surface area contributed by atoms with Crippen molar-refractivity contribution in [1.29, 1.82) is 0 Å². The molecule has 156 valence electrons. The summed E-state index contributed by atoms with van der Waals surface area (Å²) < 4.78 is 12.9. The van der Waals surface area contributed by atoms with Crippen molar-refractivity contribution in [1.82, 2.24) is 9.78 Å². The van der Waals surface area contributed by atoms with Crippen molar-refractivity contribution in [3.05, 3.63) is 95.3 Å². The first kappa shape index (κ1) is 20.4. The molecule has 0 fully saturated rings. The second kappa shape index (κ2) is 9.30. The lowest BCUT2D eigenvalue weighted by atomic mass is 10.1. The second-order valence-electron chi connectivity index (χ2n) is 7.15. The highest BCUT2D eigenvalue weighted by Gasteiger charge is 2.12. The molecule has 0 spiro atoms. The minimum absolute atomic E-state index is 0.300. The van der Waals surface area contributed by atoms with Crippen molar-refractivity contribution in [2.24, 2.45) is 7.05 Å². The van der Waals surface area contributed by atoms with E-state index in [-0.39, 0.29) is 0 Å². The van der Waals surface area contributed by atoms with Gasteiger partial charge in [0.15, 0.2) is 5.69 Å². The third kappa shape index (κ3) is 4.83. The zero-order valence-corrected chi connectivity index (χ0v) is 17.6. The molecule has 0 saturated heterocycles. The van der Waals surface area contributed by atoms with Gasteiger partial charge in [-0.2, -0.15) is 5.10 Å². The van der Waals surface area contributed by atoms with Crippen LogP contribution < -0.4 is 4.74 Å². The number of fused-ring (bicyclic) bond motifs is 1. The van der Waals surface area contributed by atoms with E-state index in [9.17, 15) is 4.79 Å². The molecule has 3 aromatic carbocycles. The molecule has 4 aromatic rings. The fourth-order valence-electron chi connectivity index (χ4n) is 3.37. The maximum absolute atomic E-state index is 11.9. The van der Waals surface area contributed by atoms with Crippen molar-refractivity contribution >= 4 is 28.9 Å². The van der Waals surface area contributed by atoms with Crippen molar-refractivity contribution < 1.29 is 14.3 Å². The average molecular weight is 412 g/mol. The topological polar surface area (TPSA) is 53.4 Å². The molecule has 1 heterocycles. The van der Waals surface area contributed by atoms with Gasteiger partial charge in [-0.15, -0.1) is 0 Å². The monoisotopic (exact) mass is 412 g/mol. The van der Waals surface area contributed by atoms with Crippen LogP contribution in [-0.2, 0) is 18.4 Å². The van der Waals surface area contributed by atoms with Crippen molar-refractivity contribution in [2.45, 2.75) is 13.5 Å². The van der Waals surface area contributed by atoms with Gasteiger partial charge in [-0.1, -0.05) is 60.7 Å². The van der Waals surface area contributed by atoms with Crippen molar-refractivity contribution in [3.63, 3.8) is 0 Å². The van der Waals surface area contributed by atoms with E-state index < -0.39 is 5.97 Å². The summed E-state index contributed by atoms with van der Waals surface area (Å²) in [5.74, 6) is 0.416. The maximum atomic E-state index is 11.9. The minimum atomic E-state index is -0.417. The van der Waals surface area contributed by atoms with Crippen LogP contribution in [-0.4, -0.2) is 22.4 Å². The van der Waals surface area contributed by atoms with Gasteiger partial charge >= 0.3 is 5.97 Å². The number of aryl methyl sites for hydroxylation is 1. The first-order chi connectivity index (χ1) is 15.1. The van der Waals surface area contributed by atoms with Crippen LogP contribution in [0.1, 0.15) is 34.2 Å². The van der Waals surface area contributed by atoms with E-state index in [1.807, 2.05) is 48.6 Å². The van der Waals surface area contributed by atoms with Crippen LogP contribution in [0.3, 0.4) is 0 Å². The molecular formula is C26H24N2O3. The van der Waals surface area contributed by atoms with Gasteiger partial charge in [-0.05, 0) is 47.7 Å². The molecule has 0 aliphatic rings. The Morgan fingerprint density at radius 2 is 1.77 bits per heavy atom. The zero-order valence-electron chi connectivity index (χ0n) is 17.6. The van der Waals surface area contributed by atoms with E-state index >= 15 is 0 Å².